The van der Waals surface area contributed by atoms with E-state index in [4.69, 9.17) is 4.42 Å². The molecule has 0 aliphatic rings. The number of carbonyl (C=O) groups excluding carboxylic acids is 1. The van der Waals surface area contributed by atoms with Gasteiger partial charge in [-0.25, -0.2) is 4.98 Å². The van der Waals surface area contributed by atoms with Gasteiger partial charge < -0.3 is 9.73 Å². The van der Waals surface area contributed by atoms with Gasteiger partial charge in [-0.15, -0.1) is 0 Å². The molecule has 3 heterocycles. The van der Waals surface area contributed by atoms with Gasteiger partial charge in [0.15, 0.2) is 11.4 Å². The Balaban J connectivity index is 1.70. The van der Waals surface area contributed by atoms with Gasteiger partial charge in [-0.05, 0) is 26.0 Å². The second-order valence-electron chi connectivity index (χ2n) is 5.81. The number of anilines is 1. The van der Waals surface area contributed by atoms with E-state index in [-0.39, 0.29) is 5.91 Å². The lowest BCUT2D eigenvalue weighted by Gasteiger charge is -2.04. The maximum absolute atomic E-state index is 12.6. The normalized spacial score (nSPS) is 11.3. The SMILES string of the molecule is Cc1c(C(=O)Nc2cnc3c(c2)c(C)nn3C)oc2ccccc12. The average Bonchev–Trinajstić information content (AvgIpc) is 3.05. The average molecular weight is 320 g/mol. The predicted molar refractivity (Wildman–Crippen MR) is 92.2 cm³/mol. The molecular weight excluding hydrogens is 304 g/mol. The van der Waals surface area contributed by atoms with Gasteiger partial charge in [0.1, 0.15) is 5.58 Å². The molecule has 0 fully saturated rings. The number of aryl methyl sites for hydroxylation is 3. The van der Waals surface area contributed by atoms with Gasteiger partial charge in [0.25, 0.3) is 5.91 Å². The van der Waals surface area contributed by atoms with E-state index in [0.717, 1.165) is 27.7 Å². The summed E-state index contributed by atoms with van der Waals surface area (Å²) in [6, 6.07) is 9.48. The van der Waals surface area contributed by atoms with Crippen LogP contribution in [0, 0.1) is 13.8 Å². The summed E-state index contributed by atoms with van der Waals surface area (Å²) in [5.74, 6) is 0.0330. The molecule has 4 aromatic rings. The van der Waals surface area contributed by atoms with Crippen LogP contribution in [0.25, 0.3) is 22.0 Å². The lowest BCUT2D eigenvalue weighted by Crippen LogP contribution is -2.12. The Labute approximate surface area is 138 Å². The van der Waals surface area contributed by atoms with Crippen LogP contribution in [0.1, 0.15) is 21.8 Å². The van der Waals surface area contributed by atoms with E-state index >= 15 is 0 Å². The Hall–Kier alpha value is -3.15. The zero-order valence-corrected chi connectivity index (χ0v) is 13.6. The molecule has 0 unspecified atom stereocenters. The summed E-state index contributed by atoms with van der Waals surface area (Å²) in [5, 5.41) is 9.05. The number of hydrogen-bond donors (Lipinski definition) is 1. The minimum atomic E-state index is -0.286. The van der Waals surface area contributed by atoms with Gasteiger partial charge in [-0.1, -0.05) is 18.2 Å². The number of benzene rings is 1. The lowest BCUT2D eigenvalue weighted by molar-refractivity contribution is 0.0998. The number of pyridine rings is 1. The van der Waals surface area contributed by atoms with E-state index in [1.807, 2.05) is 51.2 Å². The number of amides is 1. The predicted octanol–water partition coefficient (Wildman–Crippen LogP) is 3.58. The molecule has 0 aliphatic carbocycles. The van der Waals surface area contributed by atoms with Gasteiger partial charge in [-0.2, -0.15) is 5.10 Å². The third-order valence-corrected chi connectivity index (χ3v) is 4.17. The molecule has 0 bridgehead atoms. The molecule has 24 heavy (non-hydrogen) atoms. The quantitative estimate of drug-likeness (QED) is 0.612. The first-order chi connectivity index (χ1) is 11.5. The first-order valence-electron chi connectivity index (χ1n) is 7.63. The van der Waals surface area contributed by atoms with E-state index in [0.29, 0.717) is 17.0 Å². The van der Waals surface area contributed by atoms with Crippen LogP contribution < -0.4 is 5.32 Å². The van der Waals surface area contributed by atoms with Crippen LogP contribution in [0.5, 0.6) is 0 Å². The van der Waals surface area contributed by atoms with Crippen molar-refractivity contribution in [3.8, 4) is 0 Å². The molecule has 3 aromatic heterocycles. The molecule has 6 heteroatoms. The Morgan fingerprint density at radius 2 is 2.00 bits per heavy atom. The molecule has 6 nitrogen and oxygen atoms in total. The molecule has 1 amide bonds. The summed E-state index contributed by atoms with van der Waals surface area (Å²) in [5.41, 5.74) is 3.80. The first-order valence-corrected chi connectivity index (χ1v) is 7.63. The summed E-state index contributed by atoms with van der Waals surface area (Å²) in [6.07, 6.45) is 1.62. The Kier molecular flexibility index (Phi) is 3.13. The molecule has 1 N–H and O–H groups in total. The van der Waals surface area contributed by atoms with Crippen molar-refractivity contribution in [2.24, 2.45) is 7.05 Å². The number of para-hydroxylation sites is 1. The van der Waals surface area contributed by atoms with E-state index < -0.39 is 0 Å². The molecule has 0 saturated carbocycles. The Bertz CT molecular complexity index is 1090. The van der Waals surface area contributed by atoms with Crippen LogP contribution in [0.4, 0.5) is 5.69 Å². The highest BCUT2D eigenvalue weighted by Gasteiger charge is 2.18. The van der Waals surface area contributed by atoms with Crippen molar-refractivity contribution in [1.82, 2.24) is 14.8 Å². The number of nitrogens with one attached hydrogen (secondary N) is 1. The van der Waals surface area contributed by atoms with Crippen molar-refractivity contribution in [3.63, 3.8) is 0 Å². The standard InChI is InChI=1S/C18H16N4O2/c1-10-13-6-4-5-7-15(13)24-16(10)18(23)20-12-8-14-11(2)21-22(3)17(14)19-9-12/h4-9H,1-3H3,(H,20,23). The third kappa shape index (κ3) is 2.15. The number of hydrogen-bond acceptors (Lipinski definition) is 4. The Morgan fingerprint density at radius 3 is 2.79 bits per heavy atom. The van der Waals surface area contributed by atoms with Crippen LogP contribution in [-0.4, -0.2) is 20.7 Å². The van der Waals surface area contributed by atoms with E-state index in [1.165, 1.54) is 0 Å². The van der Waals surface area contributed by atoms with Crippen LogP contribution in [0.15, 0.2) is 40.9 Å². The fourth-order valence-corrected chi connectivity index (χ4v) is 2.96. The molecular formula is C18H16N4O2. The Morgan fingerprint density at radius 1 is 1.21 bits per heavy atom. The van der Waals surface area contributed by atoms with Crippen molar-refractivity contribution in [1.29, 1.82) is 0 Å². The summed E-state index contributed by atoms with van der Waals surface area (Å²) in [4.78, 5) is 16.9. The zero-order valence-electron chi connectivity index (χ0n) is 13.6. The van der Waals surface area contributed by atoms with Crippen LogP contribution in [0.3, 0.4) is 0 Å². The monoisotopic (exact) mass is 320 g/mol. The zero-order chi connectivity index (χ0) is 16.8. The summed E-state index contributed by atoms with van der Waals surface area (Å²) >= 11 is 0. The summed E-state index contributed by atoms with van der Waals surface area (Å²) in [7, 11) is 1.85. The largest absolute Gasteiger partial charge is 0.451 e. The van der Waals surface area contributed by atoms with E-state index in [2.05, 4.69) is 15.4 Å². The number of nitrogens with zero attached hydrogens (tertiary/aromatic N) is 3. The number of fused-ring (bicyclic) bond motifs is 2. The second-order valence-corrected chi connectivity index (χ2v) is 5.81. The smallest absolute Gasteiger partial charge is 0.291 e. The maximum Gasteiger partial charge on any atom is 0.291 e. The molecule has 0 saturated heterocycles. The van der Waals surface area contributed by atoms with Crippen molar-refractivity contribution in [3.05, 3.63) is 53.5 Å². The van der Waals surface area contributed by atoms with Gasteiger partial charge in [-0.3, -0.25) is 9.48 Å². The first kappa shape index (κ1) is 14.4. The number of furan rings is 1. The van der Waals surface area contributed by atoms with E-state index in [1.54, 1.807) is 10.9 Å². The highest BCUT2D eigenvalue weighted by molar-refractivity contribution is 6.06. The third-order valence-electron chi connectivity index (χ3n) is 4.17. The minimum Gasteiger partial charge on any atom is -0.451 e. The van der Waals surface area contributed by atoms with Gasteiger partial charge in [0.2, 0.25) is 0 Å². The van der Waals surface area contributed by atoms with Crippen molar-refractivity contribution in [2.75, 3.05) is 5.32 Å². The lowest BCUT2D eigenvalue weighted by atomic mass is 10.1. The minimum absolute atomic E-state index is 0.286. The highest BCUT2D eigenvalue weighted by Crippen LogP contribution is 2.26. The fourth-order valence-electron chi connectivity index (χ4n) is 2.96. The molecule has 120 valence electrons. The van der Waals surface area contributed by atoms with Crippen molar-refractivity contribution >= 4 is 33.6 Å². The number of carbonyl (C=O) groups is 1. The topological polar surface area (TPSA) is 73.0 Å². The fraction of sp³-hybridized carbons (Fsp3) is 0.167. The van der Waals surface area contributed by atoms with Crippen LogP contribution in [-0.2, 0) is 7.05 Å². The summed E-state index contributed by atoms with van der Waals surface area (Å²) in [6.45, 7) is 3.80. The molecule has 1 aromatic carbocycles. The van der Waals surface area contributed by atoms with E-state index in [9.17, 15) is 4.79 Å². The van der Waals surface area contributed by atoms with Crippen LogP contribution in [0.2, 0.25) is 0 Å². The molecule has 0 spiro atoms. The van der Waals surface area contributed by atoms with Gasteiger partial charge >= 0.3 is 0 Å². The van der Waals surface area contributed by atoms with Crippen LogP contribution >= 0.6 is 0 Å². The molecule has 4 rings (SSSR count). The summed E-state index contributed by atoms with van der Waals surface area (Å²) < 4.78 is 7.42. The molecule has 0 aliphatic heterocycles. The number of rotatable bonds is 2. The van der Waals surface area contributed by atoms with Crippen molar-refractivity contribution in [2.45, 2.75) is 13.8 Å². The highest BCUT2D eigenvalue weighted by atomic mass is 16.3. The maximum atomic E-state index is 12.6. The van der Waals surface area contributed by atoms with Gasteiger partial charge in [0.05, 0.1) is 17.6 Å². The van der Waals surface area contributed by atoms with Gasteiger partial charge in [0, 0.05) is 23.4 Å². The number of aromatic nitrogens is 3. The second kappa shape index (κ2) is 5.19. The molecule has 0 radical (unpaired) electrons. The molecule has 0 atom stereocenters. The van der Waals surface area contributed by atoms with Crippen molar-refractivity contribution < 1.29 is 9.21 Å².